The number of halogens is 1. The number of aromatic amines is 1. The summed E-state index contributed by atoms with van der Waals surface area (Å²) in [5, 5.41) is 3.00. The standard InChI is InChI=1S/C16H15BrN2O2/c1-9(20)10-6-15(18-8-10)16(21)19-14-7-12(14)11-4-2-3-5-13(11)17/h2-6,8,12,14,18H,7H2,1H3,(H,19,21)/t12-,14-/m0/s1. The van der Waals surface area contributed by atoms with Crippen molar-refractivity contribution >= 4 is 27.6 Å². The number of amides is 1. The first-order chi connectivity index (χ1) is 10.1. The van der Waals surface area contributed by atoms with Crippen LogP contribution in [0.1, 0.15) is 45.7 Å². The van der Waals surface area contributed by atoms with Crippen molar-refractivity contribution in [2.45, 2.75) is 25.3 Å². The van der Waals surface area contributed by atoms with Gasteiger partial charge in [-0.05, 0) is 31.0 Å². The predicted octanol–water partition coefficient (Wildman–Crippen LogP) is 3.27. The maximum absolute atomic E-state index is 12.1. The van der Waals surface area contributed by atoms with E-state index in [0.29, 0.717) is 17.2 Å². The molecular weight excluding hydrogens is 332 g/mol. The zero-order valence-corrected chi connectivity index (χ0v) is 13.1. The third-order valence-corrected chi connectivity index (χ3v) is 4.47. The van der Waals surface area contributed by atoms with Crippen LogP contribution in [0.5, 0.6) is 0 Å². The molecule has 3 rings (SSSR count). The second kappa shape index (κ2) is 5.48. The molecule has 1 aromatic carbocycles. The fourth-order valence-corrected chi connectivity index (χ4v) is 3.03. The van der Waals surface area contributed by atoms with Crippen LogP contribution in [0, 0.1) is 0 Å². The summed E-state index contributed by atoms with van der Waals surface area (Å²) in [6.45, 7) is 1.48. The van der Waals surface area contributed by atoms with Gasteiger partial charge in [0.2, 0.25) is 0 Å². The molecule has 1 aliphatic carbocycles. The van der Waals surface area contributed by atoms with E-state index >= 15 is 0 Å². The van der Waals surface area contributed by atoms with Gasteiger partial charge in [0.1, 0.15) is 5.69 Å². The molecule has 2 atom stereocenters. The third-order valence-electron chi connectivity index (χ3n) is 3.75. The molecule has 2 N–H and O–H groups in total. The molecule has 21 heavy (non-hydrogen) atoms. The van der Waals surface area contributed by atoms with Crippen molar-refractivity contribution in [3.8, 4) is 0 Å². The Morgan fingerprint density at radius 1 is 1.33 bits per heavy atom. The van der Waals surface area contributed by atoms with Gasteiger partial charge in [-0.25, -0.2) is 0 Å². The average molecular weight is 347 g/mol. The Morgan fingerprint density at radius 2 is 2.10 bits per heavy atom. The maximum atomic E-state index is 12.1. The van der Waals surface area contributed by atoms with Gasteiger partial charge in [-0.1, -0.05) is 34.1 Å². The predicted molar refractivity (Wildman–Crippen MR) is 83.6 cm³/mol. The Labute approximate surface area is 131 Å². The molecule has 108 valence electrons. The highest BCUT2D eigenvalue weighted by molar-refractivity contribution is 9.10. The molecule has 0 unspecified atom stereocenters. The Kier molecular flexibility index (Phi) is 3.68. The number of carbonyl (C=O) groups is 2. The number of hydrogen-bond donors (Lipinski definition) is 2. The van der Waals surface area contributed by atoms with E-state index in [-0.39, 0.29) is 17.7 Å². The molecular formula is C16H15BrN2O2. The molecule has 1 saturated carbocycles. The van der Waals surface area contributed by atoms with E-state index in [2.05, 4.69) is 32.3 Å². The molecule has 1 heterocycles. The van der Waals surface area contributed by atoms with Gasteiger partial charge >= 0.3 is 0 Å². The van der Waals surface area contributed by atoms with Crippen LogP contribution in [-0.2, 0) is 0 Å². The van der Waals surface area contributed by atoms with Crippen molar-refractivity contribution < 1.29 is 9.59 Å². The lowest BCUT2D eigenvalue weighted by molar-refractivity contribution is 0.0945. The van der Waals surface area contributed by atoms with Crippen LogP contribution >= 0.6 is 15.9 Å². The lowest BCUT2D eigenvalue weighted by Gasteiger charge is -2.05. The lowest BCUT2D eigenvalue weighted by Crippen LogP contribution is -2.26. The summed E-state index contributed by atoms with van der Waals surface area (Å²) < 4.78 is 1.07. The van der Waals surface area contributed by atoms with Crippen molar-refractivity contribution in [2.24, 2.45) is 0 Å². The van der Waals surface area contributed by atoms with Gasteiger partial charge in [0.15, 0.2) is 5.78 Å². The molecule has 1 fully saturated rings. The quantitative estimate of drug-likeness (QED) is 0.834. The summed E-state index contributed by atoms with van der Waals surface area (Å²) in [5.41, 5.74) is 2.18. The summed E-state index contributed by atoms with van der Waals surface area (Å²) in [6, 6.07) is 9.81. The van der Waals surface area contributed by atoms with Gasteiger partial charge in [-0.2, -0.15) is 0 Å². The smallest absolute Gasteiger partial charge is 0.267 e. The SMILES string of the molecule is CC(=O)c1c[nH]c(C(=O)N[C@H]2C[C@H]2c2ccccc2Br)c1. The van der Waals surface area contributed by atoms with Crippen LogP contribution in [-0.4, -0.2) is 22.7 Å². The molecule has 0 aliphatic heterocycles. The lowest BCUT2D eigenvalue weighted by atomic mass is 10.1. The molecule has 1 aliphatic rings. The number of aromatic nitrogens is 1. The van der Waals surface area contributed by atoms with Gasteiger partial charge in [-0.3, -0.25) is 9.59 Å². The Bertz CT molecular complexity index is 708. The van der Waals surface area contributed by atoms with Crippen molar-refractivity contribution in [3.05, 3.63) is 57.8 Å². The molecule has 2 aromatic rings. The Morgan fingerprint density at radius 3 is 2.76 bits per heavy atom. The number of rotatable bonds is 4. The number of benzene rings is 1. The van der Waals surface area contributed by atoms with E-state index in [4.69, 9.17) is 0 Å². The number of Topliss-reactive ketones (excluding diaryl/α,β-unsaturated/α-hetero) is 1. The highest BCUT2D eigenvalue weighted by Crippen LogP contribution is 2.43. The van der Waals surface area contributed by atoms with Crippen LogP contribution < -0.4 is 5.32 Å². The molecule has 1 aromatic heterocycles. The van der Waals surface area contributed by atoms with E-state index in [9.17, 15) is 9.59 Å². The van der Waals surface area contributed by atoms with E-state index in [1.165, 1.54) is 12.5 Å². The fraction of sp³-hybridized carbons (Fsp3) is 0.250. The summed E-state index contributed by atoms with van der Waals surface area (Å²) in [5.74, 6) is 0.136. The first-order valence-corrected chi connectivity index (χ1v) is 7.60. The first-order valence-electron chi connectivity index (χ1n) is 6.81. The highest BCUT2D eigenvalue weighted by atomic mass is 79.9. The summed E-state index contributed by atoms with van der Waals surface area (Å²) in [6.07, 6.45) is 2.50. The third kappa shape index (κ3) is 2.93. The van der Waals surface area contributed by atoms with E-state index in [0.717, 1.165) is 10.9 Å². The largest absolute Gasteiger partial charge is 0.356 e. The van der Waals surface area contributed by atoms with E-state index < -0.39 is 0 Å². The van der Waals surface area contributed by atoms with Crippen molar-refractivity contribution in [2.75, 3.05) is 0 Å². The summed E-state index contributed by atoms with van der Waals surface area (Å²) in [4.78, 5) is 26.2. The number of hydrogen-bond acceptors (Lipinski definition) is 2. The van der Waals surface area contributed by atoms with Crippen LogP contribution in [0.2, 0.25) is 0 Å². The van der Waals surface area contributed by atoms with Crippen LogP contribution in [0.4, 0.5) is 0 Å². The molecule has 4 nitrogen and oxygen atoms in total. The fourth-order valence-electron chi connectivity index (χ4n) is 2.45. The number of H-pyrrole nitrogens is 1. The second-order valence-corrected chi connectivity index (χ2v) is 6.16. The van der Waals surface area contributed by atoms with Crippen LogP contribution in [0.3, 0.4) is 0 Å². The molecule has 0 saturated heterocycles. The number of ketones is 1. The van der Waals surface area contributed by atoms with Gasteiger partial charge in [-0.15, -0.1) is 0 Å². The summed E-state index contributed by atoms with van der Waals surface area (Å²) >= 11 is 3.54. The average Bonchev–Trinajstić information content (AvgIpc) is 3.02. The Balaban J connectivity index is 1.64. The minimum Gasteiger partial charge on any atom is -0.356 e. The number of nitrogens with one attached hydrogen (secondary N) is 2. The van der Waals surface area contributed by atoms with Gasteiger partial charge in [0.05, 0.1) is 0 Å². The second-order valence-electron chi connectivity index (χ2n) is 5.30. The van der Waals surface area contributed by atoms with Crippen LogP contribution in [0.25, 0.3) is 0 Å². The van der Waals surface area contributed by atoms with Gasteiger partial charge < -0.3 is 10.3 Å². The first kappa shape index (κ1) is 14.1. The molecule has 0 radical (unpaired) electrons. The summed E-state index contributed by atoms with van der Waals surface area (Å²) in [7, 11) is 0. The normalized spacial score (nSPS) is 20.1. The molecule has 0 spiro atoms. The molecule has 0 bridgehead atoms. The minimum absolute atomic E-state index is 0.0529. The monoisotopic (exact) mass is 346 g/mol. The minimum atomic E-state index is -0.165. The molecule has 5 heteroatoms. The Hall–Kier alpha value is -1.88. The zero-order chi connectivity index (χ0) is 15.0. The molecule has 1 amide bonds. The van der Waals surface area contributed by atoms with E-state index in [1.807, 2.05) is 18.2 Å². The van der Waals surface area contributed by atoms with E-state index in [1.54, 1.807) is 12.3 Å². The maximum Gasteiger partial charge on any atom is 0.267 e. The van der Waals surface area contributed by atoms with Crippen molar-refractivity contribution in [1.29, 1.82) is 0 Å². The van der Waals surface area contributed by atoms with Crippen molar-refractivity contribution in [3.63, 3.8) is 0 Å². The highest BCUT2D eigenvalue weighted by Gasteiger charge is 2.40. The number of carbonyl (C=O) groups excluding carboxylic acids is 2. The zero-order valence-electron chi connectivity index (χ0n) is 11.5. The van der Waals surface area contributed by atoms with Gasteiger partial charge in [0, 0.05) is 28.2 Å². The van der Waals surface area contributed by atoms with Crippen molar-refractivity contribution in [1.82, 2.24) is 10.3 Å². The van der Waals surface area contributed by atoms with Crippen LogP contribution in [0.15, 0.2) is 41.0 Å². The topological polar surface area (TPSA) is 62.0 Å². The van der Waals surface area contributed by atoms with Gasteiger partial charge in [0.25, 0.3) is 5.91 Å².